The average molecular weight is 506 g/mol. The zero-order valence-corrected chi connectivity index (χ0v) is 23.4. The van der Waals surface area contributed by atoms with Crippen molar-refractivity contribution in [3.63, 3.8) is 0 Å². The highest BCUT2D eigenvalue weighted by atomic mass is 32.2. The Kier molecular flexibility index (Phi) is 14.9. The molecule has 0 spiro atoms. The van der Waals surface area contributed by atoms with Crippen LogP contribution < -0.4 is 4.74 Å². The number of ether oxygens (including phenoxy) is 1. The molecule has 198 valence electrons. The summed E-state index contributed by atoms with van der Waals surface area (Å²) in [6.45, 7) is 14.1. The van der Waals surface area contributed by atoms with Crippen LogP contribution in [0, 0.1) is 6.92 Å². The Morgan fingerprint density at radius 2 is 1.31 bits per heavy atom. The molecule has 0 aliphatic heterocycles. The molecular formula is C29H47NO4S. The molecule has 35 heavy (non-hydrogen) atoms. The summed E-state index contributed by atoms with van der Waals surface area (Å²) in [6, 6.07) is 14.3. The predicted octanol–water partition coefficient (Wildman–Crippen LogP) is 6.74. The largest absolute Gasteiger partial charge is 0.744 e. The second-order valence-corrected chi connectivity index (χ2v) is 10.8. The number of benzene rings is 2. The predicted molar refractivity (Wildman–Crippen MR) is 145 cm³/mol. The van der Waals surface area contributed by atoms with Gasteiger partial charge in [0.2, 0.25) is 0 Å². The van der Waals surface area contributed by atoms with Crippen LogP contribution in [0.3, 0.4) is 0 Å². The van der Waals surface area contributed by atoms with Crippen molar-refractivity contribution in [3.05, 3.63) is 59.7 Å². The first-order valence-electron chi connectivity index (χ1n) is 13.2. The molecule has 6 heteroatoms. The monoisotopic (exact) mass is 505 g/mol. The van der Waals surface area contributed by atoms with Crippen molar-refractivity contribution in [2.24, 2.45) is 0 Å². The summed E-state index contributed by atoms with van der Waals surface area (Å²) in [5.74, 6) is 0.953. The number of methoxy groups -OCH3 is 1. The van der Waals surface area contributed by atoms with E-state index in [1.54, 1.807) is 19.2 Å². The normalized spacial score (nSPS) is 11.6. The van der Waals surface area contributed by atoms with E-state index < -0.39 is 10.1 Å². The maximum atomic E-state index is 10.4. The molecule has 0 saturated carbocycles. The fourth-order valence-electron chi connectivity index (χ4n) is 4.29. The molecule has 0 saturated heterocycles. The number of rotatable bonds is 15. The highest BCUT2D eigenvalue weighted by Gasteiger charge is 2.21. The molecule has 0 unspecified atom stereocenters. The lowest BCUT2D eigenvalue weighted by atomic mass is 10.1. The zero-order valence-electron chi connectivity index (χ0n) is 22.6. The number of hydrogen-bond acceptors (Lipinski definition) is 4. The maximum Gasteiger partial charge on any atom is 0.124 e. The summed E-state index contributed by atoms with van der Waals surface area (Å²) in [6.07, 6.45) is 10.8. The number of quaternary nitrogens is 1. The first kappa shape index (κ1) is 31.1. The van der Waals surface area contributed by atoms with E-state index in [9.17, 15) is 13.0 Å². The van der Waals surface area contributed by atoms with E-state index in [1.165, 1.54) is 99.7 Å². The van der Waals surface area contributed by atoms with E-state index >= 15 is 0 Å². The van der Waals surface area contributed by atoms with Crippen LogP contribution in [0.2, 0.25) is 0 Å². The molecule has 0 amide bonds. The first-order valence-corrected chi connectivity index (χ1v) is 14.6. The number of nitrogens with zero attached hydrogens (tertiary/aromatic N) is 1. The molecule has 0 aromatic heterocycles. The molecule has 2 aromatic rings. The Morgan fingerprint density at radius 1 is 0.771 bits per heavy atom. The molecule has 2 rings (SSSR count). The second kappa shape index (κ2) is 16.7. The Bertz CT molecular complexity index is 905. The molecular weight excluding hydrogens is 458 g/mol. The lowest BCUT2D eigenvalue weighted by molar-refractivity contribution is -0.925. The molecule has 0 bridgehead atoms. The average Bonchev–Trinajstić information content (AvgIpc) is 2.86. The summed E-state index contributed by atoms with van der Waals surface area (Å²) in [4.78, 5) is -0.178. The van der Waals surface area contributed by atoms with Crippen molar-refractivity contribution in [1.29, 1.82) is 0 Å². The summed E-state index contributed by atoms with van der Waals surface area (Å²) in [5, 5.41) is 0. The lowest BCUT2D eigenvalue weighted by Gasteiger charge is -2.37. The van der Waals surface area contributed by atoms with Gasteiger partial charge in [0.05, 0.1) is 38.2 Å². The van der Waals surface area contributed by atoms with Gasteiger partial charge in [0.1, 0.15) is 15.9 Å². The third-order valence-electron chi connectivity index (χ3n) is 6.89. The van der Waals surface area contributed by atoms with Crippen LogP contribution >= 0.6 is 0 Å². The third kappa shape index (κ3) is 12.6. The Morgan fingerprint density at radius 3 is 1.80 bits per heavy atom. The van der Waals surface area contributed by atoms with Gasteiger partial charge < -0.3 is 13.8 Å². The van der Waals surface area contributed by atoms with Gasteiger partial charge in [0.25, 0.3) is 0 Å². The van der Waals surface area contributed by atoms with Gasteiger partial charge in [-0.2, -0.15) is 0 Å². The van der Waals surface area contributed by atoms with Crippen LogP contribution in [0.4, 0.5) is 0 Å². The van der Waals surface area contributed by atoms with Gasteiger partial charge in [-0.15, -0.1) is 0 Å². The molecule has 0 fully saturated rings. The Labute approximate surface area is 214 Å². The Hall–Kier alpha value is -1.89. The van der Waals surface area contributed by atoms with Crippen LogP contribution in [-0.4, -0.2) is 50.7 Å². The van der Waals surface area contributed by atoms with Crippen LogP contribution in [0.25, 0.3) is 0 Å². The molecule has 0 aliphatic carbocycles. The van der Waals surface area contributed by atoms with Gasteiger partial charge >= 0.3 is 0 Å². The molecule has 2 aromatic carbocycles. The first-order chi connectivity index (χ1) is 16.7. The van der Waals surface area contributed by atoms with E-state index in [2.05, 4.69) is 45.0 Å². The van der Waals surface area contributed by atoms with Crippen molar-refractivity contribution in [2.75, 3.05) is 33.3 Å². The fraction of sp³-hybridized carbons (Fsp3) is 0.586. The maximum absolute atomic E-state index is 10.4. The van der Waals surface area contributed by atoms with Crippen molar-refractivity contribution in [2.45, 2.75) is 84.0 Å². The number of unbranched alkanes of at least 4 members (excludes halogenated alkanes) is 5. The highest BCUT2D eigenvalue weighted by molar-refractivity contribution is 7.85. The van der Waals surface area contributed by atoms with Crippen LogP contribution in [0.1, 0.15) is 76.8 Å². The van der Waals surface area contributed by atoms with Crippen molar-refractivity contribution < 1.29 is 22.2 Å². The molecule has 0 radical (unpaired) electrons. The van der Waals surface area contributed by atoms with E-state index in [0.717, 1.165) is 11.3 Å². The van der Waals surface area contributed by atoms with E-state index in [-0.39, 0.29) is 4.90 Å². The molecule has 5 nitrogen and oxygen atoms in total. The minimum Gasteiger partial charge on any atom is -0.744 e. The van der Waals surface area contributed by atoms with Crippen LogP contribution in [0.5, 0.6) is 5.75 Å². The highest BCUT2D eigenvalue weighted by Crippen LogP contribution is 2.16. The van der Waals surface area contributed by atoms with Gasteiger partial charge in [0, 0.05) is 0 Å². The second-order valence-electron chi connectivity index (χ2n) is 9.41. The summed E-state index contributed by atoms with van der Waals surface area (Å²) >= 11 is 0. The molecule has 0 aliphatic rings. The minimum absolute atomic E-state index is 0.178. The van der Waals surface area contributed by atoms with Crippen molar-refractivity contribution >= 4 is 10.1 Å². The van der Waals surface area contributed by atoms with Gasteiger partial charge in [-0.05, 0) is 82.7 Å². The van der Waals surface area contributed by atoms with E-state index in [0.29, 0.717) is 0 Å². The van der Waals surface area contributed by atoms with Crippen LogP contribution in [0.15, 0.2) is 53.4 Å². The molecule has 0 atom stereocenters. The number of hydrogen-bond donors (Lipinski definition) is 0. The van der Waals surface area contributed by atoms with Gasteiger partial charge in [0.15, 0.2) is 0 Å². The van der Waals surface area contributed by atoms with Gasteiger partial charge in [-0.1, -0.05) is 56.0 Å². The van der Waals surface area contributed by atoms with E-state index in [4.69, 9.17) is 4.74 Å². The number of aryl methyl sites for hydroxylation is 2. The lowest BCUT2D eigenvalue weighted by Crippen LogP contribution is -2.49. The quantitative estimate of drug-likeness (QED) is 0.153. The minimum atomic E-state index is -4.27. The third-order valence-corrected chi connectivity index (χ3v) is 7.74. The standard InChI is InChI=1S/C22H40NO.C7H8O3S/c1-5-8-9-10-12-19-23(6-2,7-3)20-13-11-14-21-15-17-22(24-4)18-16-21;1-6-2-4-7(5-3-6)11(8,9)10/h15-18H,5-14,19-20H2,1-4H3;2-5H,1H3,(H,8,9,10)/q+1;/p-1. The zero-order chi connectivity index (χ0) is 26.2. The molecule has 0 N–H and O–H groups in total. The smallest absolute Gasteiger partial charge is 0.124 e. The van der Waals surface area contributed by atoms with Crippen molar-refractivity contribution in [1.82, 2.24) is 0 Å². The van der Waals surface area contributed by atoms with Gasteiger partial charge in [-0.25, -0.2) is 8.42 Å². The van der Waals surface area contributed by atoms with Crippen molar-refractivity contribution in [3.8, 4) is 5.75 Å². The summed E-state index contributed by atoms with van der Waals surface area (Å²) in [5.41, 5.74) is 2.36. The molecule has 0 heterocycles. The van der Waals surface area contributed by atoms with E-state index in [1.807, 2.05) is 6.92 Å². The topological polar surface area (TPSA) is 66.4 Å². The SMILES string of the molecule is CCCCCCC[N+](CC)(CC)CCCCc1ccc(OC)cc1.Cc1ccc(S(=O)(=O)[O-])cc1. The van der Waals surface area contributed by atoms with Gasteiger partial charge in [-0.3, -0.25) is 0 Å². The Balaban J connectivity index is 0.000000462. The summed E-state index contributed by atoms with van der Waals surface area (Å²) in [7, 11) is -2.54. The van der Waals surface area contributed by atoms with Crippen LogP contribution in [-0.2, 0) is 16.5 Å². The fourth-order valence-corrected chi connectivity index (χ4v) is 4.76. The summed E-state index contributed by atoms with van der Waals surface area (Å²) < 4.78 is 37.7.